The van der Waals surface area contributed by atoms with Crippen molar-refractivity contribution in [3.63, 3.8) is 0 Å². The van der Waals surface area contributed by atoms with E-state index >= 15 is 0 Å². The molecule has 0 unspecified atom stereocenters. The molecule has 4 N–H and O–H groups in total. The molecule has 1 saturated carbocycles. The molecule has 1 aliphatic rings. The van der Waals surface area contributed by atoms with Crippen LogP contribution in [0.5, 0.6) is 0 Å². The van der Waals surface area contributed by atoms with Crippen molar-refractivity contribution in [2.75, 3.05) is 0 Å². The first-order valence-corrected chi connectivity index (χ1v) is 12.4. The Hall–Kier alpha value is -1.47. The Balaban J connectivity index is 1.80. The number of aliphatic hydroxyl groups is 3. The Labute approximate surface area is 190 Å². The average molecular weight is 451 g/mol. The Bertz CT molecular complexity index is 711. The molecule has 5 atom stereocenters. The van der Waals surface area contributed by atoms with Crippen LogP contribution in [0, 0.1) is 11.8 Å². The highest BCUT2D eigenvalue weighted by atomic mass is 32.1. The molecule has 0 aromatic carbocycles. The van der Waals surface area contributed by atoms with Crippen LogP contribution in [0.4, 0.5) is 0 Å². The van der Waals surface area contributed by atoms with Crippen LogP contribution < -0.4 is 0 Å². The summed E-state index contributed by atoms with van der Waals surface area (Å²) >= 11 is 1.83. The molecule has 1 aromatic heterocycles. The van der Waals surface area contributed by atoms with Gasteiger partial charge in [0.25, 0.3) is 0 Å². The minimum Gasteiger partial charge on any atom is -0.481 e. The normalized spacial score (nSPS) is 25.0. The van der Waals surface area contributed by atoms with Gasteiger partial charge in [-0.25, -0.2) is 0 Å². The predicted molar refractivity (Wildman–Crippen MR) is 125 cm³/mol. The summed E-state index contributed by atoms with van der Waals surface area (Å²) in [6.45, 7) is 2.20. The maximum absolute atomic E-state index is 10.5. The number of thiophene rings is 1. The monoisotopic (exact) mass is 450 g/mol. The Kier molecular flexibility index (Phi) is 11.5. The van der Waals surface area contributed by atoms with Crippen molar-refractivity contribution in [1.29, 1.82) is 0 Å². The van der Waals surface area contributed by atoms with Crippen LogP contribution in [0.1, 0.15) is 68.0 Å². The number of rotatable bonds is 14. The topological polar surface area (TPSA) is 98.0 Å². The highest BCUT2D eigenvalue weighted by Gasteiger charge is 2.39. The second-order valence-electron chi connectivity index (χ2n) is 8.57. The van der Waals surface area contributed by atoms with Gasteiger partial charge < -0.3 is 20.4 Å². The largest absolute Gasteiger partial charge is 0.481 e. The van der Waals surface area contributed by atoms with E-state index in [1.54, 1.807) is 6.08 Å². The number of hydrogen-bond donors (Lipinski definition) is 4. The maximum atomic E-state index is 10.5. The van der Waals surface area contributed by atoms with Crippen molar-refractivity contribution in [1.82, 2.24) is 0 Å². The minimum absolute atomic E-state index is 0.0902. The molecule has 0 aliphatic heterocycles. The summed E-state index contributed by atoms with van der Waals surface area (Å²) in [6, 6.07) is 4.34. The van der Waals surface area contributed by atoms with E-state index in [1.807, 2.05) is 29.6 Å². The van der Waals surface area contributed by atoms with Crippen LogP contribution in [-0.4, -0.2) is 44.7 Å². The molecular weight excluding hydrogens is 412 g/mol. The number of allylic oxidation sites excluding steroid dienone is 2. The zero-order valence-corrected chi connectivity index (χ0v) is 19.3. The molecule has 5 nitrogen and oxygen atoms in total. The third-order valence-corrected chi connectivity index (χ3v) is 7.19. The van der Waals surface area contributed by atoms with Crippen LogP contribution in [0.2, 0.25) is 0 Å². The molecule has 1 aliphatic carbocycles. The van der Waals surface area contributed by atoms with Gasteiger partial charge in [0.1, 0.15) is 0 Å². The van der Waals surface area contributed by atoms with Crippen LogP contribution in [0.25, 0.3) is 0 Å². The Morgan fingerprint density at radius 2 is 1.90 bits per heavy atom. The van der Waals surface area contributed by atoms with Gasteiger partial charge in [-0.05, 0) is 63.0 Å². The lowest BCUT2D eigenvalue weighted by Gasteiger charge is -2.19. The Morgan fingerprint density at radius 3 is 2.61 bits per heavy atom. The summed E-state index contributed by atoms with van der Waals surface area (Å²) in [4.78, 5) is 13.2. The molecule has 174 valence electrons. The van der Waals surface area contributed by atoms with Crippen molar-refractivity contribution >= 4 is 17.3 Å². The fourth-order valence-corrected chi connectivity index (χ4v) is 5.21. The highest BCUT2D eigenvalue weighted by Crippen LogP contribution is 2.36. The lowest BCUT2D eigenvalue weighted by Crippen LogP contribution is -2.20. The number of carbonyl (C=O) groups is 1. The number of carboxylic acids is 1. The fourth-order valence-electron chi connectivity index (χ4n) is 4.13. The molecule has 1 fully saturated rings. The van der Waals surface area contributed by atoms with Crippen LogP contribution in [-0.2, 0) is 17.6 Å². The van der Waals surface area contributed by atoms with E-state index in [0.717, 1.165) is 12.8 Å². The van der Waals surface area contributed by atoms with E-state index in [2.05, 4.69) is 19.1 Å². The van der Waals surface area contributed by atoms with E-state index in [0.29, 0.717) is 32.1 Å². The molecule has 6 heteroatoms. The van der Waals surface area contributed by atoms with Gasteiger partial charge in [0.05, 0.1) is 18.3 Å². The number of hydrogen-bond acceptors (Lipinski definition) is 5. The van der Waals surface area contributed by atoms with Gasteiger partial charge >= 0.3 is 5.97 Å². The molecule has 1 aromatic rings. The number of aliphatic hydroxyl groups excluding tert-OH is 3. The quantitative estimate of drug-likeness (QED) is 0.247. The second kappa shape index (κ2) is 13.8. The van der Waals surface area contributed by atoms with E-state index < -0.39 is 24.3 Å². The summed E-state index contributed by atoms with van der Waals surface area (Å²) in [7, 11) is 0. The van der Waals surface area contributed by atoms with Crippen molar-refractivity contribution in [3.05, 3.63) is 46.2 Å². The third kappa shape index (κ3) is 9.27. The zero-order chi connectivity index (χ0) is 22.6. The molecule has 0 spiro atoms. The van der Waals surface area contributed by atoms with Crippen molar-refractivity contribution in [2.45, 2.75) is 89.4 Å². The van der Waals surface area contributed by atoms with E-state index in [1.165, 1.54) is 22.6 Å². The van der Waals surface area contributed by atoms with Gasteiger partial charge in [-0.3, -0.25) is 4.79 Å². The summed E-state index contributed by atoms with van der Waals surface area (Å²) in [6.07, 6.45) is 13.2. The van der Waals surface area contributed by atoms with Crippen molar-refractivity contribution in [3.8, 4) is 0 Å². The SMILES string of the molecule is CCCCc1ccc(CC[C@H](O)C=C[C@@H]2[C@@H](CC=CCCCC(=O)O)[C@@H](O)C[C@H]2O)s1. The third-order valence-electron chi connectivity index (χ3n) is 5.99. The number of aliphatic carboxylic acids is 1. The fraction of sp³-hybridized carbons (Fsp3) is 0.640. The van der Waals surface area contributed by atoms with Gasteiger partial charge in [-0.15, -0.1) is 11.3 Å². The van der Waals surface area contributed by atoms with Gasteiger partial charge in [0.2, 0.25) is 0 Å². The predicted octanol–water partition coefficient (Wildman–Crippen LogP) is 4.50. The first kappa shape index (κ1) is 25.8. The number of aryl methyl sites for hydroxylation is 2. The molecular formula is C25H38O5S. The molecule has 0 radical (unpaired) electrons. The molecule has 31 heavy (non-hydrogen) atoms. The zero-order valence-electron chi connectivity index (χ0n) is 18.5. The smallest absolute Gasteiger partial charge is 0.303 e. The van der Waals surface area contributed by atoms with Crippen LogP contribution in [0.3, 0.4) is 0 Å². The lowest BCUT2D eigenvalue weighted by molar-refractivity contribution is -0.137. The van der Waals surface area contributed by atoms with Gasteiger partial charge in [0, 0.05) is 28.5 Å². The summed E-state index contributed by atoms with van der Waals surface area (Å²) in [5, 5.41) is 39.7. The van der Waals surface area contributed by atoms with Gasteiger partial charge in [0.15, 0.2) is 0 Å². The molecule has 0 saturated heterocycles. The van der Waals surface area contributed by atoms with E-state index in [-0.39, 0.29) is 18.3 Å². The summed E-state index contributed by atoms with van der Waals surface area (Å²) in [5.41, 5.74) is 0. The van der Waals surface area contributed by atoms with Gasteiger partial charge in [-0.2, -0.15) is 0 Å². The van der Waals surface area contributed by atoms with E-state index in [9.17, 15) is 20.1 Å². The van der Waals surface area contributed by atoms with Crippen LogP contribution >= 0.6 is 11.3 Å². The van der Waals surface area contributed by atoms with E-state index in [4.69, 9.17) is 5.11 Å². The molecule has 0 bridgehead atoms. The summed E-state index contributed by atoms with van der Waals surface area (Å²) < 4.78 is 0. The maximum Gasteiger partial charge on any atom is 0.303 e. The number of unbranched alkanes of at least 4 members (excludes halogenated alkanes) is 2. The number of carboxylic acid groups (broad SMARTS) is 1. The first-order valence-electron chi connectivity index (χ1n) is 11.6. The molecule has 1 heterocycles. The standard InChI is InChI=1S/C25H38O5S/c1-2-3-8-19-14-15-20(31-19)13-11-18(26)12-16-22-21(23(27)17-24(22)28)9-6-4-5-7-10-25(29)30/h4,6,12,14-16,18,21-24,26-28H,2-3,5,7-11,13,17H2,1H3,(H,29,30)/t18-,21+,22+,23-,24+/m0/s1. The molecule has 0 amide bonds. The lowest BCUT2D eigenvalue weighted by atomic mass is 9.89. The minimum atomic E-state index is -0.789. The summed E-state index contributed by atoms with van der Waals surface area (Å²) in [5.74, 6) is -1.06. The first-order chi connectivity index (χ1) is 14.9. The molecule has 2 rings (SSSR count). The second-order valence-corrected chi connectivity index (χ2v) is 9.82. The van der Waals surface area contributed by atoms with Crippen LogP contribution in [0.15, 0.2) is 36.4 Å². The average Bonchev–Trinajstić information content (AvgIpc) is 3.29. The van der Waals surface area contributed by atoms with Gasteiger partial charge in [-0.1, -0.05) is 37.6 Å². The highest BCUT2D eigenvalue weighted by molar-refractivity contribution is 7.11. The van der Waals surface area contributed by atoms with Crippen molar-refractivity contribution < 1.29 is 25.2 Å². The van der Waals surface area contributed by atoms with Crippen molar-refractivity contribution in [2.24, 2.45) is 11.8 Å². The Morgan fingerprint density at radius 1 is 1.16 bits per heavy atom.